The molecule has 23 heavy (non-hydrogen) atoms. The first kappa shape index (κ1) is 13.3. The molecule has 3 aliphatic heterocycles. The zero-order valence-corrected chi connectivity index (χ0v) is 12.9. The molecule has 3 saturated heterocycles. The Bertz CT molecular complexity index is 852. The summed E-state index contributed by atoms with van der Waals surface area (Å²) < 4.78 is 5.97. The first-order chi connectivity index (χ1) is 11.4. The van der Waals surface area contributed by atoms with Crippen molar-refractivity contribution in [1.29, 1.82) is 0 Å². The normalized spacial score (nSPS) is 26.9. The molecule has 1 unspecified atom stereocenters. The van der Waals surface area contributed by atoms with Gasteiger partial charge in [0, 0.05) is 50.7 Å². The smallest absolute Gasteiger partial charge is 0.196 e. The highest BCUT2D eigenvalue weighted by atomic mass is 16.3. The van der Waals surface area contributed by atoms with Crippen LogP contribution in [0.1, 0.15) is 0 Å². The minimum Gasteiger partial charge on any atom is -0.450 e. The van der Waals surface area contributed by atoms with Gasteiger partial charge in [0.25, 0.3) is 0 Å². The number of fused-ring (bicyclic) bond motifs is 6. The second kappa shape index (κ2) is 5.18. The minimum atomic E-state index is 0.548. The Morgan fingerprint density at radius 2 is 2.00 bits per heavy atom. The summed E-state index contributed by atoms with van der Waals surface area (Å²) in [5.41, 5.74) is 2.50. The quantitative estimate of drug-likeness (QED) is 0.796. The van der Waals surface area contributed by atoms with Crippen molar-refractivity contribution in [2.75, 3.05) is 44.6 Å². The fourth-order valence-electron chi connectivity index (χ4n) is 3.78. The third kappa shape index (κ3) is 2.17. The first-order valence-corrected chi connectivity index (χ1v) is 8.21. The highest BCUT2D eigenvalue weighted by Crippen LogP contribution is 2.30. The van der Waals surface area contributed by atoms with Crippen molar-refractivity contribution in [2.24, 2.45) is 0 Å². The molecule has 0 radical (unpaired) electrons. The number of hydrogen-bond donors (Lipinski definition) is 1. The lowest BCUT2D eigenvalue weighted by atomic mass is 10.1. The van der Waals surface area contributed by atoms with Gasteiger partial charge in [-0.1, -0.05) is 12.1 Å². The van der Waals surface area contributed by atoms with E-state index in [1.54, 1.807) is 6.33 Å². The number of nitrogens with one attached hydrogen (secondary N) is 1. The topological polar surface area (TPSA) is 57.4 Å². The van der Waals surface area contributed by atoms with Gasteiger partial charge in [0.15, 0.2) is 11.4 Å². The van der Waals surface area contributed by atoms with E-state index in [-0.39, 0.29) is 0 Å². The molecule has 3 aromatic rings. The number of para-hydroxylation sites is 1. The number of benzene rings is 1. The number of furan rings is 1. The van der Waals surface area contributed by atoms with Crippen LogP contribution in [0.5, 0.6) is 0 Å². The van der Waals surface area contributed by atoms with E-state index in [1.165, 1.54) is 26.2 Å². The number of piperazine rings is 3. The SMILES string of the molecule is c1ccc2c(c1)oc1c(NCC3CN4CCN3CC4)ncnc12. The molecule has 6 heteroatoms. The van der Waals surface area contributed by atoms with Crippen LogP contribution >= 0.6 is 0 Å². The van der Waals surface area contributed by atoms with E-state index in [0.717, 1.165) is 41.0 Å². The number of hydrogen-bond acceptors (Lipinski definition) is 6. The average Bonchev–Trinajstić information content (AvgIpc) is 3.00. The minimum absolute atomic E-state index is 0.548. The number of anilines is 1. The monoisotopic (exact) mass is 309 g/mol. The Morgan fingerprint density at radius 1 is 1.13 bits per heavy atom. The lowest BCUT2D eigenvalue weighted by Crippen LogP contribution is -2.62. The molecule has 1 aromatic carbocycles. The second-order valence-corrected chi connectivity index (χ2v) is 6.37. The Kier molecular flexibility index (Phi) is 2.99. The number of nitrogens with zero attached hydrogens (tertiary/aromatic N) is 4. The van der Waals surface area contributed by atoms with Crippen molar-refractivity contribution in [3.05, 3.63) is 30.6 Å². The molecule has 5 heterocycles. The van der Waals surface area contributed by atoms with Crippen LogP contribution in [0.4, 0.5) is 5.82 Å². The van der Waals surface area contributed by atoms with Crippen molar-refractivity contribution in [3.63, 3.8) is 0 Å². The van der Waals surface area contributed by atoms with Gasteiger partial charge >= 0.3 is 0 Å². The zero-order valence-electron chi connectivity index (χ0n) is 12.9. The van der Waals surface area contributed by atoms with Crippen molar-refractivity contribution < 1.29 is 4.42 Å². The number of aromatic nitrogens is 2. The van der Waals surface area contributed by atoms with Gasteiger partial charge < -0.3 is 9.73 Å². The van der Waals surface area contributed by atoms with Gasteiger partial charge in [0.2, 0.25) is 0 Å². The summed E-state index contributed by atoms with van der Waals surface area (Å²) in [6, 6.07) is 8.54. The molecule has 3 aliphatic rings. The Balaban J connectivity index is 1.44. The maximum absolute atomic E-state index is 5.97. The van der Waals surface area contributed by atoms with Gasteiger partial charge in [-0.15, -0.1) is 0 Å². The van der Waals surface area contributed by atoms with E-state index in [1.807, 2.05) is 24.3 Å². The molecule has 1 atom stereocenters. The third-order valence-electron chi connectivity index (χ3n) is 5.06. The zero-order chi connectivity index (χ0) is 15.2. The Morgan fingerprint density at radius 3 is 2.83 bits per heavy atom. The first-order valence-electron chi connectivity index (χ1n) is 8.21. The van der Waals surface area contributed by atoms with Crippen LogP contribution in [0.3, 0.4) is 0 Å². The second-order valence-electron chi connectivity index (χ2n) is 6.37. The van der Waals surface area contributed by atoms with Gasteiger partial charge in [-0.05, 0) is 12.1 Å². The van der Waals surface area contributed by atoms with Crippen LogP contribution in [0.25, 0.3) is 22.1 Å². The predicted molar refractivity (Wildman–Crippen MR) is 89.6 cm³/mol. The maximum atomic E-state index is 5.97. The summed E-state index contributed by atoms with van der Waals surface area (Å²) in [5, 5.41) is 4.53. The summed E-state index contributed by atoms with van der Waals surface area (Å²) >= 11 is 0. The molecule has 1 N–H and O–H groups in total. The van der Waals surface area contributed by atoms with Crippen molar-refractivity contribution in [2.45, 2.75) is 6.04 Å². The standard InChI is InChI=1S/C17H19N5O/c1-2-4-14-13(3-1)15-16(23-14)17(20-11-19-15)18-9-12-10-21-5-7-22(12)8-6-21/h1-4,11-12H,5-10H2,(H,18,19,20). The predicted octanol–water partition coefficient (Wildman–Crippen LogP) is 1.79. The fraction of sp³-hybridized carbons (Fsp3) is 0.412. The largest absolute Gasteiger partial charge is 0.450 e. The van der Waals surface area contributed by atoms with Gasteiger partial charge in [-0.3, -0.25) is 9.80 Å². The highest BCUT2D eigenvalue weighted by Gasteiger charge is 2.31. The third-order valence-corrected chi connectivity index (χ3v) is 5.06. The van der Waals surface area contributed by atoms with Gasteiger partial charge in [-0.25, -0.2) is 9.97 Å². The van der Waals surface area contributed by atoms with Crippen molar-refractivity contribution in [1.82, 2.24) is 19.8 Å². The lowest BCUT2D eigenvalue weighted by Gasteiger charge is -2.47. The van der Waals surface area contributed by atoms with Gasteiger partial charge in [0.05, 0.1) is 0 Å². The number of rotatable bonds is 3. The van der Waals surface area contributed by atoms with E-state index in [9.17, 15) is 0 Å². The molecule has 2 bridgehead atoms. The van der Waals surface area contributed by atoms with E-state index < -0.39 is 0 Å². The van der Waals surface area contributed by atoms with Crippen molar-refractivity contribution >= 4 is 27.9 Å². The molecule has 6 rings (SSSR count). The molecule has 0 amide bonds. The van der Waals surface area contributed by atoms with Crippen LogP contribution in [-0.2, 0) is 0 Å². The van der Waals surface area contributed by atoms with Crippen LogP contribution in [-0.4, -0.2) is 65.1 Å². The van der Waals surface area contributed by atoms with Crippen LogP contribution in [0.2, 0.25) is 0 Å². The fourth-order valence-corrected chi connectivity index (χ4v) is 3.78. The summed E-state index contributed by atoms with van der Waals surface area (Å²) in [4.78, 5) is 13.9. The molecular formula is C17H19N5O. The molecule has 118 valence electrons. The molecule has 3 fully saturated rings. The molecule has 0 saturated carbocycles. The van der Waals surface area contributed by atoms with Crippen LogP contribution in [0, 0.1) is 0 Å². The maximum Gasteiger partial charge on any atom is 0.196 e. The van der Waals surface area contributed by atoms with Crippen LogP contribution in [0.15, 0.2) is 35.0 Å². The Labute approximate surface area is 134 Å². The molecule has 0 aliphatic carbocycles. The summed E-state index contributed by atoms with van der Waals surface area (Å²) in [5.74, 6) is 0.795. The molecular weight excluding hydrogens is 290 g/mol. The molecule has 2 aromatic heterocycles. The molecule has 0 spiro atoms. The Hall–Kier alpha value is -2.18. The van der Waals surface area contributed by atoms with Gasteiger partial charge in [0.1, 0.15) is 17.4 Å². The van der Waals surface area contributed by atoms with E-state index in [0.29, 0.717) is 6.04 Å². The average molecular weight is 309 g/mol. The highest BCUT2D eigenvalue weighted by molar-refractivity contribution is 6.05. The summed E-state index contributed by atoms with van der Waals surface area (Å²) in [6.07, 6.45) is 1.61. The van der Waals surface area contributed by atoms with E-state index in [2.05, 4.69) is 25.1 Å². The van der Waals surface area contributed by atoms with E-state index >= 15 is 0 Å². The summed E-state index contributed by atoms with van der Waals surface area (Å²) in [7, 11) is 0. The van der Waals surface area contributed by atoms with E-state index in [4.69, 9.17) is 4.42 Å². The summed E-state index contributed by atoms with van der Waals surface area (Å²) in [6.45, 7) is 6.79. The van der Waals surface area contributed by atoms with Gasteiger partial charge in [-0.2, -0.15) is 0 Å². The lowest BCUT2D eigenvalue weighted by molar-refractivity contribution is 0.0189. The van der Waals surface area contributed by atoms with Crippen molar-refractivity contribution in [3.8, 4) is 0 Å². The molecule has 6 nitrogen and oxygen atoms in total. The van der Waals surface area contributed by atoms with Crippen LogP contribution < -0.4 is 5.32 Å².